The van der Waals surface area contributed by atoms with E-state index in [0.29, 0.717) is 33.9 Å². The predicted molar refractivity (Wildman–Crippen MR) is 385 cm³/mol. The van der Waals surface area contributed by atoms with E-state index < -0.39 is 0 Å². The van der Waals surface area contributed by atoms with Gasteiger partial charge in [-0.15, -0.1) is 45.3 Å². The van der Waals surface area contributed by atoms with Gasteiger partial charge in [-0.05, 0) is 72.8 Å². The standard InChI is InChI=1S/C80H40N6S4/c81-41-55-73(83-57-25-9-1-21-51(57)69-61(83)37-33-47-43-17-5-13-29-65(43)87-77(47)69)74(84-58-26-10-2-22-52(58)70-62(84)38-34-48-44-18-6-14-30-66(44)88-78(48)70)56(42-82)76(86-60-28-12-4-24-54(60)72-64(86)40-36-50-46-20-8-16-32-68(46)90-80(50)72)75(55)85-59-27-11-3-23-53(59)71-63(85)39-35-49-45-19-7-15-31-67(45)89-79(49)71/h1-40H. The van der Waals surface area contributed by atoms with Gasteiger partial charge >= 0.3 is 0 Å². The summed E-state index contributed by atoms with van der Waals surface area (Å²) in [4.78, 5) is 0. The van der Waals surface area contributed by atoms with Crippen molar-refractivity contribution in [3.63, 3.8) is 0 Å². The van der Waals surface area contributed by atoms with E-state index in [-0.39, 0.29) is 0 Å². The first-order valence-corrected chi connectivity index (χ1v) is 33.3. The predicted octanol–water partition coefficient (Wildman–Crippen LogP) is 23.3. The van der Waals surface area contributed by atoms with Gasteiger partial charge in [0.25, 0.3) is 0 Å². The van der Waals surface area contributed by atoms with Crippen LogP contribution < -0.4 is 0 Å². The Morgan fingerprint density at radius 1 is 0.211 bits per heavy atom. The van der Waals surface area contributed by atoms with Crippen LogP contribution in [0.4, 0.5) is 0 Å². The van der Waals surface area contributed by atoms with Crippen molar-refractivity contribution in [1.82, 2.24) is 18.3 Å². The average Bonchev–Trinajstić information content (AvgIpc) is 1.48. The Kier molecular flexibility index (Phi) is 9.69. The van der Waals surface area contributed by atoms with Crippen molar-refractivity contribution in [2.75, 3.05) is 0 Å². The number of aromatic nitrogens is 4. The largest absolute Gasteiger partial charge is 0.306 e. The van der Waals surface area contributed by atoms with Gasteiger partial charge in [0.2, 0.25) is 0 Å². The van der Waals surface area contributed by atoms with E-state index in [1.54, 1.807) is 0 Å². The molecule has 0 aliphatic rings. The fraction of sp³-hybridized carbons (Fsp3) is 0. The second-order valence-electron chi connectivity index (χ2n) is 23.5. The van der Waals surface area contributed by atoms with Crippen LogP contribution in [-0.4, -0.2) is 18.3 Å². The lowest BCUT2D eigenvalue weighted by atomic mass is 9.98. The maximum absolute atomic E-state index is 13.3. The summed E-state index contributed by atoms with van der Waals surface area (Å²) in [6, 6.07) is 93.8. The summed E-state index contributed by atoms with van der Waals surface area (Å²) >= 11 is 7.24. The number of benzene rings is 13. The van der Waals surface area contributed by atoms with Crippen LogP contribution in [0.15, 0.2) is 243 Å². The summed E-state index contributed by atoms with van der Waals surface area (Å²) < 4.78 is 19.0. The number of nitriles is 2. The zero-order chi connectivity index (χ0) is 58.8. The van der Waals surface area contributed by atoms with Crippen LogP contribution in [0.3, 0.4) is 0 Å². The molecular weight excluding hydrogens is 1170 g/mol. The van der Waals surface area contributed by atoms with Crippen molar-refractivity contribution in [2.45, 2.75) is 0 Å². The molecule has 21 aromatic rings. The SMILES string of the molecule is N#Cc1c(-n2c3ccccc3c3c4sc5ccccc5c4ccc32)c(-n2c3ccccc3c3c4sc5ccccc5c4ccc32)c(C#N)c(-n2c3ccccc3c3c4sc5ccccc5c4ccc32)c1-n1c2ccccc2c2c3sc4ccccc4c3ccc21. The van der Waals surface area contributed by atoms with Crippen LogP contribution in [-0.2, 0) is 0 Å². The molecule has 0 spiro atoms. The molecule has 0 radical (unpaired) electrons. The Morgan fingerprint density at radius 3 is 0.656 bits per heavy atom. The number of fused-ring (bicyclic) bond motifs is 28. The lowest BCUT2D eigenvalue weighted by molar-refractivity contribution is 1.02. The van der Waals surface area contributed by atoms with Crippen LogP contribution in [0.1, 0.15) is 11.1 Å². The lowest BCUT2D eigenvalue weighted by Gasteiger charge is -2.27. The third kappa shape index (κ3) is 6.13. The molecule has 0 saturated heterocycles. The fourth-order valence-corrected chi connectivity index (χ4v) is 20.7. The molecule has 0 amide bonds. The molecule has 414 valence electrons. The number of nitrogens with zero attached hydrogens (tertiary/aromatic N) is 6. The van der Waals surface area contributed by atoms with Gasteiger partial charge in [0.15, 0.2) is 0 Å². The lowest BCUT2D eigenvalue weighted by Crippen LogP contribution is -2.16. The summed E-state index contributed by atoms with van der Waals surface area (Å²) in [6.45, 7) is 0. The summed E-state index contributed by atoms with van der Waals surface area (Å²) in [7, 11) is 0. The maximum atomic E-state index is 13.3. The molecule has 0 unspecified atom stereocenters. The molecule has 0 fully saturated rings. The van der Waals surface area contributed by atoms with Gasteiger partial charge in [0, 0.05) is 124 Å². The molecule has 0 aliphatic carbocycles. The molecule has 0 atom stereocenters. The van der Waals surface area contributed by atoms with E-state index in [1.807, 2.05) is 45.3 Å². The number of hydrogen-bond donors (Lipinski definition) is 0. The molecule has 0 saturated carbocycles. The normalized spacial score (nSPS) is 12.4. The van der Waals surface area contributed by atoms with Crippen LogP contribution >= 0.6 is 45.3 Å². The van der Waals surface area contributed by atoms with Crippen molar-refractivity contribution in [3.8, 4) is 34.9 Å². The molecule has 0 bridgehead atoms. The van der Waals surface area contributed by atoms with Crippen LogP contribution in [0, 0.1) is 22.7 Å². The second kappa shape index (κ2) is 17.8. The zero-order valence-electron chi connectivity index (χ0n) is 47.4. The summed E-state index contributed by atoms with van der Waals surface area (Å²) in [5, 5.41) is 44.8. The van der Waals surface area contributed by atoms with Gasteiger partial charge < -0.3 is 18.3 Å². The fourth-order valence-electron chi connectivity index (χ4n) is 15.7. The Labute approximate surface area is 526 Å². The highest BCUT2D eigenvalue weighted by Gasteiger charge is 2.36. The Balaban J connectivity index is 1.05. The highest BCUT2D eigenvalue weighted by Crippen LogP contribution is 2.54. The molecular formula is C80H40N6S4. The summed E-state index contributed by atoms with van der Waals surface area (Å²) in [5.41, 5.74) is 10.9. The van der Waals surface area contributed by atoms with E-state index in [2.05, 4.69) is 273 Å². The highest BCUT2D eigenvalue weighted by molar-refractivity contribution is 7.28. The second-order valence-corrected chi connectivity index (χ2v) is 27.7. The molecule has 6 nitrogen and oxygen atoms in total. The highest BCUT2D eigenvalue weighted by atomic mass is 32.1. The van der Waals surface area contributed by atoms with E-state index in [1.165, 1.54) is 80.7 Å². The van der Waals surface area contributed by atoms with Gasteiger partial charge in [-0.2, -0.15) is 10.5 Å². The molecule has 8 heterocycles. The van der Waals surface area contributed by atoms with E-state index in [9.17, 15) is 10.5 Å². The first-order chi connectivity index (χ1) is 44.6. The molecule has 8 aromatic heterocycles. The Bertz CT molecular complexity index is 6130. The molecule has 0 N–H and O–H groups in total. The van der Waals surface area contributed by atoms with Crippen LogP contribution in [0.5, 0.6) is 0 Å². The van der Waals surface area contributed by atoms with Crippen molar-refractivity contribution >= 4 is 213 Å². The minimum Gasteiger partial charge on any atom is -0.306 e. The minimum absolute atomic E-state index is 0.430. The third-order valence-electron chi connectivity index (χ3n) is 19.2. The molecule has 13 aromatic carbocycles. The van der Waals surface area contributed by atoms with E-state index >= 15 is 0 Å². The van der Waals surface area contributed by atoms with Gasteiger partial charge in [0.05, 0.1) is 66.9 Å². The Morgan fingerprint density at radius 2 is 0.422 bits per heavy atom. The zero-order valence-corrected chi connectivity index (χ0v) is 50.7. The first-order valence-electron chi connectivity index (χ1n) is 30.0. The minimum atomic E-state index is 0.430. The third-order valence-corrected chi connectivity index (χ3v) is 24.1. The number of rotatable bonds is 4. The van der Waals surface area contributed by atoms with Gasteiger partial charge in [-0.3, -0.25) is 0 Å². The number of thiophene rings is 4. The van der Waals surface area contributed by atoms with Gasteiger partial charge in [0.1, 0.15) is 23.3 Å². The van der Waals surface area contributed by atoms with Gasteiger partial charge in [-0.1, -0.05) is 170 Å². The first kappa shape index (κ1) is 49.0. The van der Waals surface area contributed by atoms with Crippen molar-refractivity contribution < 1.29 is 0 Å². The number of para-hydroxylation sites is 4. The van der Waals surface area contributed by atoms with Crippen molar-refractivity contribution in [1.29, 1.82) is 10.5 Å². The van der Waals surface area contributed by atoms with Crippen molar-refractivity contribution in [3.05, 3.63) is 254 Å². The summed E-state index contributed by atoms with van der Waals surface area (Å²) in [6.07, 6.45) is 0. The van der Waals surface area contributed by atoms with Crippen LogP contribution in [0.2, 0.25) is 0 Å². The Hall–Kier alpha value is -11.1. The quantitative estimate of drug-likeness (QED) is 0.176. The van der Waals surface area contributed by atoms with Gasteiger partial charge in [-0.25, -0.2) is 0 Å². The van der Waals surface area contributed by atoms with E-state index in [0.717, 1.165) is 87.2 Å². The average molecular weight is 1210 g/mol. The summed E-state index contributed by atoms with van der Waals surface area (Å²) in [5.74, 6) is 0. The molecule has 10 heteroatoms. The molecule has 90 heavy (non-hydrogen) atoms. The molecule has 21 rings (SSSR count). The monoisotopic (exact) mass is 1210 g/mol. The maximum Gasteiger partial charge on any atom is 0.104 e. The smallest absolute Gasteiger partial charge is 0.104 e. The number of hydrogen-bond acceptors (Lipinski definition) is 6. The topological polar surface area (TPSA) is 67.3 Å². The molecule has 0 aliphatic heterocycles. The van der Waals surface area contributed by atoms with E-state index in [4.69, 9.17) is 0 Å². The van der Waals surface area contributed by atoms with Crippen LogP contribution in [0.25, 0.3) is 191 Å². The van der Waals surface area contributed by atoms with Crippen molar-refractivity contribution in [2.24, 2.45) is 0 Å².